The summed E-state index contributed by atoms with van der Waals surface area (Å²) < 4.78 is 27.8. The molecule has 0 amide bonds. The van der Waals surface area contributed by atoms with Crippen LogP contribution in [0.15, 0.2) is 12.1 Å². The second-order valence-corrected chi connectivity index (χ2v) is 4.78. The van der Waals surface area contributed by atoms with E-state index in [2.05, 4.69) is 12.2 Å². The van der Waals surface area contributed by atoms with Crippen molar-refractivity contribution in [1.29, 1.82) is 0 Å². The molecule has 0 heterocycles. The first-order chi connectivity index (χ1) is 8.61. The molecule has 1 aromatic rings. The lowest BCUT2D eigenvalue weighted by molar-refractivity contribution is 0.451. The van der Waals surface area contributed by atoms with E-state index in [1.54, 1.807) is 14.0 Å². The summed E-state index contributed by atoms with van der Waals surface area (Å²) in [5.74, 6) is -0.863. The van der Waals surface area contributed by atoms with Crippen LogP contribution >= 0.6 is 0 Å². The van der Waals surface area contributed by atoms with Crippen molar-refractivity contribution in [3.8, 4) is 0 Å². The number of unbranched alkanes of at least 4 members (excludes halogenated alkanes) is 3. The fourth-order valence-electron chi connectivity index (χ4n) is 2.21. The number of aryl methyl sites for hydroxylation is 1. The van der Waals surface area contributed by atoms with Crippen LogP contribution < -0.4 is 5.32 Å². The van der Waals surface area contributed by atoms with Gasteiger partial charge >= 0.3 is 0 Å². The standard InChI is InChI=1S/C15H23F2N/c1-4-5-6-7-8-13(18-3)14-12(16)10-9-11(2)15(14)17/h9-10,13,18H,4-8H2,1-3H3. The molecular formula is C15H23F2N. The van der Waals surface area contributed by atoms with Crippen LogP contribution in [0.1, 0.15) is 56.2 Å². The quantitative estimate of drug-likeness (QED) is 0.707. The fourth-order valence-corrected chi connectivity index (χ4v) is 2.21. The van der Waals surface area contributed by atoms with E-state index in [4.69, 9.17) is 0 Å². The van der Waals surface area contributed by atoms with Crippen LogP contribution in [0.25, 0.3) is 0 Å². The van der Waals surface area contributed by atoms with Gasteiger partial charge in [0.25, 0.3) is 0 Å². The van der Waals surface area contributed by atoms with Gasteiger partial charge in [-0.3, -0.25) is 0 Å². The first-order valence-corrected chi connectivity index (χ1v) is 6.73. The Bertz CT molecular complexity index is 377. The molecule has 1 N–H and O–H groups in total. The highest BCUT2D eigenvalue weighted by atomic mass is 19.1. The van der Waals surface area contributed by atoms with Crippen molar-refractivity contribution < 1.29 is 8.78 Å². The lowest BCUT2D eigenvalue weighted by atomic mass is 9.97. The number of hydrogen-bond acceptors (Lipinski definition) is 1. The van der Waals surface area contributed by atoms with Gasteiger partial charge in [0.1, 0.15) is 11.6 Å². The highest BCUT2D eigenvalue weighted by Gasteiger charge is 2.19. The van der Waals surface area contributed by atoms with Gasteiger partial charge in [-0.1, -0.05) is 38.7 Å². The summed E-state index contributed by atoms with van der Waals surface area (Å²) >= 11 is 0. The van der Waals surface area contributed by atoms with Gasteiger partial charge in [-0.15, -0.1) is 0 Å². The van der Waals surface area contributed by atoms with Gasteiger partial charge in [0, 0.05) is 11.6 Å². The van der Waals surface area contributed by atoms with Gasteiger partial charge in [-0.2, -0.15) is 0 Å². The van der Waals surface area contributed by atoms with E-state index < -0.39 is 11.6 Å². The first kappa shape index (κ1) is 15.1. The molecule has 0 fully saturated rings. The SMILES string of the molecule is CCCCCCC(NC)c1c(F)ccc(C)c1F. The molecule has 0 bridgehead atoms. The minimum absolute atomic E-state index is 0.189. The molecule has 102 valence electrons. The number of nitrogens with one attached hydrogen (secondary N) is 1. The molecule has 0 spiro atoms. The average Bonchev–Trinajstić information content (AvgIpc) is 2.37. The predicted octanol–water partition coefficient (Wildman–Crippen LogP) is 4.50. The summed E-state index contributed by atoms with van der Waals surface area (Å²) in [5.41, 5.74) is 0.689. The van der Waals surface area contributed by atoms with E-state index in [9.17, 15) is 8.78 Å². The van der Waals surface area contributed by atoms with Crippen molar-refractivity contribution in [2.24, 2.45) is 0 Å². The summed E-state index contributed by atoms with van der Waals surface area (Å²) in [6.45, 7) is 3.82. The molecule has 0 radical (unpaired) electrons. The zero-order valence-corrected chi connectivity index (χ0v) is 11.5. The predicted molar refractivity (Wildman–Crippen MR) is 71.7 cm³/mol. The van der Waals surface area contributed by atoms with Crippen LogP contribution in [0.3, 0.4) is 0 Å². The number of hydrogen-bond donors (Lipinski definition) is 1. The Balaban J connectivity index is 2.78. The van der Waals surface area contributed by atoms with Crippen LogP contribution in [-0.2, 0) is 0 Å². The zero-order valence-electron chi connectivity index (χ0n) is 11.5. The zero-order chi connectivity index (χ0) is 13.5. The lowest BCUT2D eigenvalue weighted by Gasteiger charge is -2.19. The molecule has 18 heavy (non-hydrogen) atoms. The van der Waals surface area contributed by atoms with Crippen molar-refractivity contribution in [2.45, 2.75) is 52.0 Å². The molecule has 1 nitrogen and oxygen atoms in total. The highest BCUT2D eigenvalue weighted by molar-refractivity contribution is 5.29. The van der Waals surface area contributed by atoms with Gasteiger partial charge < -0.3 is 5.32 Å². The molecule has 0 saturated carbocycles. The van der Waals surface area contributed by atoms with Crippen LogP contribution in [0.2, 0.25) is 0 Å². The molecule has 1 aromatic carbocycles. The molecule has 0 aliphatic carbocycles. The van der Waals surface area contributed by atoms with Crippen molar-refractivity contribution in [2.75, 3.05) is 7.05 Å². The Morgan fingerprint density at radius 1 is 1.17 bits per heavy atom. The molecular weight excluding hydrogens is 232 g/mol. The van der Waals surface area contributed by atoms with E-state index in [0.29, 0.717) is 5.56 Å². The highest BCUT2D eigenvalue weighted by Crippen LogP contribution is 2.27. The van der Waals surface area contributed by atoms with Gasteiger partial charge in [0.2, 0.25) is 0 Å². The number of halogens is 2. The fraction of sp³-hybridized carbons (Fsp3) is 0.600. The summed E-state index contributed by atoms with van der Waals surface area (Å²) in [5, 5.41) is 3.02. The largest absolute Gasteiger partial charge is 0.313 e. The maximum Gasteiger partial charge on any atom is 0.133 e. The van der Waals surface area contributed by atoms with Crippen LogP contribution in [0, 0.1) is 18.6 Å². The van der Waals surface area contributed by atoms with E-state index >= 15 is 0 Å². The van der Waals surface area contributed by atoms with E-state index in [-0.39, 0.29) is 11.6 Å². The second-order valence-electron chi connectivity index (χ2n) is 4.78. The monoisotopic (exact) mass is 255 g/mol. The van der Waals surface area contributed by atoms with Gasteiger partial charge in [-0.25, -0.2) is 8.78 Å². The Labute approximate surface area is 109 Å². The van der Waals surface area contributed by atoms with Crippen molar-refractivity contribution in [3.63, 3.8) is 0 Å². The molecule has 1 unspecified atom stereocenters. The molecule has 0 aliphatic rings. The Hall–Kier alpha value is -0.960. The summed E-state index contributed by atoms with van der Waals surface area (Å²) in [7, 11) is 1.76. The third-order valence-electron chi connectivity index (χ3n) is 3.36. The Morgan fingerprint density at radius 3 is 2.50 bits per heavy atom. The molecule has 1 rings (SSSR count). The van der Waals surface area contributed by atoms with E-state index in [1.807, 2.05) is 0 Å². The Morgan fingerprint density at radius 2 is 1.89 bits per heavy atom. The molecule has 3 heteroatoms. The molecule has 0 saturated heterocycles. The van der Waals surface area contributed by atoms with E-state index in [0.717, 1.165) is 25.7 Å². The Kier molecular flexibility index (Phi) is 6.27. The lowest BCUT2D eigenvalue weighted by Crippen LogP contribution is -2.19. The summed E-state index contributed by atoms with van der Waals surface area (Å²) in [6.07, 6.45) is 5.22. The van der Waals surface area contributed by atoms with Crippen LogP contribution in [-0.4, -0.2) is 7.05 Å². The molecule has 0 aliphatic heterocycles. The first-order valence-electron chi connectivity index (χ1n) is 6.73. The molecule has 0 aromatic heterocycles. The third-order valence-corrected chi connectivity index (χ3v) is 3.36. The minimum Gasteiger partial charge on any atom is -0.313 e. The maximum atomic E-state index is 14.0. The summed E-state index contributed by atoms with van der Waals surface area (Å²) in [4.78, 5) is 0. The second kappa shape index (κ2) is 7.47. The van der Waals surface area contributed by atoms with Gasteiger partial charge in [0.15, 0.2) is 0 Å². The van der Waals surface area contributed by atoms with Crippen LogP contribution in [0.5, 0.6) is 0 Å². The average molecular weight is 255 g/mol. The third kappa shape index (κ3) is 3.77. The van der Waals surface area contributed by atoms with Crippen LogP contribution in [0.4, 0.5) is 8.78 Å². The maximum absolute atomic E-state index is 14.0. The van der Waals surface area contributed by atoms with E-state index in [1.165, 1.54) is 18.6 Å². The van der Waals surface area contributed by atoms with Gasteiger partial charge in [-0.05, 0) is 32.0 Å². The normalized spacial score (nSPS) is 12.7. The smallest absolute Gasteiger partial charge is 0.133 e. The van der Waals surface area contributed by atoms with Crippen molar-refractivity contribution in [3.05, 3.63) is 34.9 Å². The number of benzene rings is 1. The molecule has 1 atom stereocenters. The van der Waals surface area contributed by atoms with Gasteiger partial charge in [0.05, 0.1) is 0 Å². The topological polar surface area (TPSA) is 12.0 Å². The van der Waals surface area contributed by atoms with Crippen molar-refractivity contribution in [1.82, 2.24) is 5.32 Å². The van der Waals surface area contributed by atoms with Crippen molar-refractivity contribution >= 4 is 0 Å². The number of rotatable bonds is 7. The summed E-state index contributed by atoms with van der Waals surface area (Å²) in [6, 6.07) is 2.60. The minimum atomic E-state index is -0.451.